The average Bonchev–Trinajstić information content (AvgIpc) is 3.71. The topological polar surface area (TPSA) is 3.24 Å². The van der Waals surface area contributed by atoms with Crippen LogP contribution in [0.15, 0.2) is 273 Å². The molecule has 0 aromatic heterocycles. The zero-order valence-corrected chi connectivity index (χ0v) is 36.4. The third-order valence-corrected chi connectivity index (χ3v) is 13.6. The molecule has 0 amide bonds. The number of anilines is 3. The first-order valence-electron chi connectivity index (χ1n) is 22.8. The smallest absolute Gasteiger partial charge is 0.0713 e. The van der Waals surface area contributed by atoms with E-state index in [-0.39, 0.29) is 0 Å². The second-order valence-electron chi connectivity index (χ2n) is 17.2. The van der Waals surface area contributed by atoms with Gasteiger partial charge < -0.3 is 4.90 Å². The van der Waals surface area contributed by atoms with Gasteiger partial charge in [-0.1, -0.05) is 237 Å². The molecular formula is C65H45N. The highest BCUT2D eigenvalue weighted by Gasteiger charge is 2.46. The van der Waals surface area contributed by atoms with Crippen LogP contribution in [0.3, 0.4) is 0 Å². The van der Waals surface area contributed by atoms with Gasteiger partial charge in [0.15, 0.2) is 0 Å². The lowest BCUT2D eigenvalue weighted by Gasteiger charge is -2.34. The second-order valence-corrected chi connectivity index (χ2v) is 17.2. The summed E-state index contributed by atoms with van der Waals surface area (Å²) < 4.78 is 0. The molecule has 11 aromatic carbocycles. The standard InChI is InChI=1S/C65H45N/c1-4-17-46(18-5-1)47-33-35-48(36-34-47)49-37-41-55(42-38-49)66(56-43-39-51(40-44-56)59-29-15-20-50-19-10-11-27-58(50)59)57-26-14-21-52(45-57)60-30-16-32-63-64(60)61-28-12-13-31-62(61)65(63,53-22-6-2-7-23-53)54-24-8-3-9-25-54/h1-45H. The molecule has 0 aliphatic heterocycles. The molecule has 0 bridgehead atoms. The van der Waals surface area contributed by atoms with Crippen LogP contribution in [-0.4, -0.2) is 0 Å². The van der Waals surface area contributed by atoms with E-state index in [0.717, 1.165) is 17.1 Å². The largest absolute Gasteiger partial charge is 0.310 e. The van der Waals surface area contributed by atoms with Crippen LogP contribution in [0.25, 0.3) is 66.4 Å². The number of benzene rings is 11. The van der Waals surface area contributed by atoms with Crippen LogP contribution in [0.1, 0.15) is 22.3 Å². The summed E-state index contributed by atoms with van der Waals surface area (Å²) in [5.41, 5.74) is 20.1. The molecule has 1 heteroatoms. The van der Waals surface area contributed by atoms with Crippen LogP contribution in [0.4, 0.5) is 17.1 Å². The van der Waals surface area contributed by atoms with Crippen molar-refractivity contribution in [2.45, 2.75) is 5.41 Å². The highest BCUT2D eigenvalue weighted by molar-refractivity contribution is 5.98. The second kappa shape index (κ2) is 16.6. The molecule has 0 spiro atoms. The van der Waals surface area contributed by atoms with Gasteiger partial charge >= 0.3 is 0 Å². The molecule has 0 saturated heterocycles. The fraction of sp³-hybridized carbons (Fsp3) is 0.0154. The molecule has 0 saturated carbocycles. The lowest BCUT2D eigenvalue weighted by molar-refractivity contribution is 0.768. The van der Waals surface area contributed by atoms with Crippen molar-refractivity contribution in [3.8, 4) is 55.6 Å². The molecule has 0 unspecified atom stereocenters. The van der Waals surface area contributed by atoms with Crippen LogP contribution in [0.2, 0.25) is 0 Å². The van der Waals surface area contributed by atoms with E-state index in [0.29, 0.717) is 0 Å². The summed E-state index contributed by atoms with van der Waals surface area (Å²) in [5.74, 6) is 0. The summed E-state index contributed by atoms with van der Waals surface area (Å²) in [6, 6.07) is 99.9. The first-order valence-corrected chi connectivity index (χ1v) is 22.8. The Balaban J connectivity index is 0.987. The normalized spacial score (nSPS) is 12.4. The predicted molar refractivity (Wildman–Crippen MR) is 278 cm³/mol. The minimum absolute atomic E-state index is 0.469. The van der Waals surface area contributed by atoms with Crippen molar-refractivity contribution >= 4 is 27.8 Å². The molecule has 66 heavy (non-hydrogen) atoms. The first kappa shape index (κ1) is 39.1. The Morgan fingerprint density at radius 3 is 1.36 bits per heavy atom. The van der Waals surface area contributed by atoms with Gasteiger partial charge in [-0.2, -0.15) is 0 Å². The molecule has 310 valence electrons. The third-order valence-electron chi connectivity index (χ3n) is 13.6. The fourth-order valence-corrected chi connectivity index (χ4v) is 10.5. The minimum atomic E-state index is -0.469. The van der Waals surface area contributed by atoms with E-state index < -0.39 is 5.41 Å². The van der Waals surface area contributed by atoms with Crippen molar-refractivity contribution in [3.63, 3.8) is 0 Å². The molecule has 0 heterocycles. The summed E-state index contributed by atoms with van der Waals surface area (Å²) in [7, 11) is 0. The van der Waals surface area contributed by atoms with Gasteiger partial charge in [-0.05, 0) is 125 Å². The molecule has 1 nitrogen and oxygen atoms in total. The van der Waals surface area contributed by atoms with Crippen LogP contribution < -0.4 is 4.90 Å². The lowest BCUT2D eigenvalue weighted by Crippen LogP contribution is -2.28. The van der Waals surface area contributed by atoms with Gasteiger partial charge in [0.05, 0.1) is 5.41 Å². The van der Waals surface area contributed by atoms with Gasteiger partial charge in [0, 0.05) is 17.1 Å². The monoisotopic (exact) mass is 839 g/mol. The van der Waals surface area contributed by atoms with Gasteiger partial charge in [0.25, 0.3) is 0 Å². The Hall–Kier alpha value is -8.52. The molecule has 0 N–H and O–H groups in total. The van der Waals surface area contributed by atoms with Crippen LogP contribution in [0.5, 0.6) is 0 Å². The van der Waals surface area contributed by atoms with Crippen LogP contribution in [-0.2, 0) is 5.41 Å². The highest BCUT2D eigenvalue weighted by atomic mass is 15.1. The minimum Gasteiger partial charge on any atom is -0.310 e. The Labute approximate surface area is 387 Å². The number of hydrogen-bond donors (Lipinski definition) is 0. The van der Waals surface area contributed by atoms with E-state index in [9.17, 15) is 0 Å². The molecule has 0 fully saturated rings. The van der Waals surface area contributed by atoms with Crippen molar-refractivity contribution in [1.82, 2.24) is 0 Å². The maximum atomic E-state index is 2.40. The molecule has 0 radical (unpaired) electrons. The first-order chi connectivity index (χ1) is 32.7. The summed E-state index contributed by atoms with van der Waals surface area (Å²) in [5, 5.41) is 2.50. The number of rotatable bonds is 9. The van der Waals surface area contributed by atoms with E-state index in [4.69, 9.17) is 0 Å². The van der Waals surface area contributed by atoms with E-state index in [1.165, 1.54) is 88.7 Å². The van der Waals surface area contributed by atoms with Crippen LogP contribution in [0, 0.1) is 0 Å². The SMILES string of the molecule is c1ccc(-c2ccc(-c3ccc(N(c4ccc(-c5cccc6ccccc56)cc4)c4cccc(-c5cccc6c5-c5ccccc5C6(c5ccccc5)c5ccccc5)c4)cc3)cc2)cc1. The number of fused-ring (bicyclic) bond motifs is 4. The summed E-state index contributed by atoms with van der Waals surface area (Å²) in [6.07, 6.45) is 0. The van der Waals surface area contributed by atoms with Gasteiger partial charge in [-0.25, -0.2) is 0 Å². The maximum Gasteiger partial charge on any atom is 0.0713 e. The zero-order chi connectivity index (χ0) is 43.9. The summed E-state index contributed by atoms with van der Waals surface area (Å²) >= 11 is 0. The maximum absolute atomic E-state index is 2.40. The van der Waals surface area contributed by atoms with Gasteiger partial charge in [-0.3, -0.25) is 0 Å². The number of hydrogen-bond acceptors (Lipinski definition) is 1. The van der Waals surface area contributed by atoms with Gasteiger partial charge in [0.2, 0.25) is 0 Å². The van der Waals surface area contributed by atoms with Crippen molar-refractivity contribution in [3.05, 3.63) is 295 Å². The summed E-state index contributed by atoms with van der Waals surface area (Å²) in [4.78, 5) is 2.40. The molecule has 12 rings (SSSR count). The van der Waals surface area contributed by atoms with Crippen LogP contribution >= 0.6 is 0 Å². The highest BCUT2D eigenvalue weighted by Crippen LogP contribution is 2.58. The number of nitrogens with zero attached hydrogens (tertiary/aromatic N) is 1. The third kappa shape index (κ3) is 6.64. The summed E-state index contributed by atoms with van der Waals surface area (Å²) in [6.45, 7) is 0. The van der Waals surface area contributed by atoms with Gasteiger partial charge in [0.1, 0.15) is 0 Å². The Morgan fingerprint density at radius 1 is 0.258 bits per heavy atom. The molecule has 0 atom stereocenters. The van der Waals surface area contributed by atoms with E-state index in [2.05, 4.69) is 278 Å². The molecule has 11 aromatic rings. The Morgan fingerprint density at radius 2 is 0.697 bits per heavy atom. The molecule has 1 aliphatic carbocycles. The predicted octanol–water partition coefficient (Wildman–Crippen LogP) is 17.3. The zero-order valence-electron chi connectivity index (χ0n) is 36.4. The van der Waals surface area contributed by atoms with Gasteiger partial charge in [-0.15, -0.1) is 0 Å². The van der Waals surface area contributed by atoms with Crippen molar-refractivity contribution in [2.75, 3.05) is 4.90 Å². The Bertz CT molecular complexity index is 3440. The molecule has 1 aliphatic rings. The lowest BCUT2D eigenvalue weighted by atomic mass is 9.67. The quantitative estimate of drug-likeness (QED) is 0.140. The molecular weight excluding hydrogens is 795 g/mol. The van der Waals surface area contributed by atoms with Crippen molar-refractivity contribution < 1.29 is 0 Å². The van der Waals surface area contributed by atoms with Crippen molar-refractivity contribution in [2.24, 2.45) is 0 Å². The average molecular weight is 840 g/mol. The van der Waals surface area contributed by atoms with E-state index in [1.807, 2.05) is 0 Å². The van der Waals surface area contributed by atoms with Crippen molar-refractivity contribution in [1.29, 1.82) is 0 Å². The Kier molecular flexibility index (Phi) is 9.81. The fourth-order valence-electron chi connectivity index (χ4n) is 10.5. The van der Waals surface area contributed by atoms with E-state index >= 15 is 0 Å². The van der Waals surface area contributed by atoms with E-state index in [1.54, 1.807) is 0 Å².